The highest BCUT2D eigenvalue weighted by Crippen LogP contribution is 2.36. The third-order valence-electron chi connectivity index (χ3n) is 6.23. The summed E-state index contributed by atoms with van der Waals surface area (Å²) in [7, 11) is -1.78. The van der Waals surface area contributed by atoms with E-state index in [-0.39, 0.29) is 10.8 Å². The molecule has 3 aromatic heterocycles. The molecule has 1 aliphatic rings. The van der Waals surface area contributed by atoms with Crippen LogP contribution >= 0.6 is 15.9 Å². The number of halogens is 4. The zero-order chi connectivity index (χ0) is 26.2. The Bertz CT molecular complexity index is 1440. The first-order valence-electron chi connectivity index (χ1n) is 11.4. The number of nitrogens with zero attached hydrogens (tertiary/aromatic N) is 5. The van der Waals surface area contributed by atoms with Crippen LogP contribution in [0.25, 0.3) is 5.65 Å². The molecule has 1 aliphatic heterocycles. The summed E-state index contributed by atoms with van der Waals surface area (Å²) in [5.41, 5.74) is 1.57. The number of alkyl halides is 3. The van der Waals surface area contributed by atoms with E-state index < -0.39 is 28.5 Å². The quantitative estimate of drug-likeness (QED) is 0.321. The minimum absolute atomic E-state index is 0.0314. The lowest BCUT2D eigenvalue weighted by Crippen LogP contribution is -2.34. The summed E-state index contributed by atoms with van der Waals surface area (Å²) in [6, 6.07) is 8.33. The molecule has 8 nitrogen and oxygen atoms in total. The lowest BCUT2D eigenvalue weighted by atomic mass is 9.94. The number of pyridine rings is 1. The Morgan fingerprint density at radius 2 is 1.95 bits per heavy atom. The van der Waals surface area contributed by atoms with Crippen LogP contribution in [0.15, 0.2) is 64.4 Å². The number of nitrogens with one attached hydrogen (secondary N) is 1. The second-order valence-electron chi connectivity index (χ2n) is 8.64. The van der Waals surface area contributed by atoms with Gasteiger partial charge in [-0.05, 0) is 58.6 Å². The number of phenols is 1. The first kappa shape index (κ1) is 25.6. The van der Waals surface area contributed by atoms with Gasteiger partial charge in [0.1, 0.15) is 22.6 Å². The molecule has 13 heteroatoms. The van der Waals surface area contributed by atoms with Crippen molar-refractivity contribution in [1.29, 1.82) is 0 Å². The predicted molar refractivity (Wildman–Crippen MR) is 135 cm³/mol. The van der Waals surface area contributed by atoms with E-state index in [0.717, 1.165) is 33.7 Å². The number of hydrogen-bond acceptors (Lipinski definition) is 6. The molecule has 1 unspecified atom stereocenters. The van der Waals surface area contributed by atoms with Gasteiger partial charge in [0, 0.05) is 49.7 Å². The molecule has 0 radical (unpaired) electrons. The SMILES string of the molecule is O=S(c1ccc(C(F)(F)F)cc1O)N1CCC(c2cc(NCc3cccnc3)n3ncc(Br)c3n2)CC1. The maximum Gasteiger partial charge on any atom is 0.416 e. The summed E-state index contributed by atoms with van der Waals surface area (Å²) in [4.78, 5) is 8.92. The van der Waals surface area contributed by atoms with Gasteiger partial charge in [0.25, 0.3) is 0 Å². The standard InChI is InChI=1S/C24H22BrF3N6O2S/c25-18-14-31-34-22(30-13-15-2-1-7-29-12-15)11-19(32-23(18)34)16-5-8-33(9-6-16)37(36)21-4-3-17(10-20(21)35)24(26,27)28/h1-4,7,10-12,14,16,30,35H,5-6,8-9,13H2. The van der Waals surface area contributed by atoms with E-state index in [1.54, 1.807) is 27.4 Å². The highest BCUT2D eigenvalue weighted by molar-refractivity contribution is 9.10. The van der Waals surface area contributed by atoms with Crippen LogP contribution in [0.2, 0.25) is 0 Å². The minimum Gasteiger partial charge on any atom is -0.507 e. The summed E-state index contributed by atoms with van der Waals surface area (Å²) in [6.07, 6.45) is 1.89. The van der Waals surface area contributed by atoms with Crippen molar-refractivity contribution in [2.24, 2.45) is 0 Å². The number of fused-ring (bicyclic) bond motifs is 1. The number of anilines is 1. The van der Waals surface area contributed by atoms with Gasteiger partial charge in [-0.2, -0.15) is 22.8 Å². The van der Waals surface area contributed by atoms with Gasteiger partial charge >= 0.3 is 6.18 Å². The number of aromatic nitrogens is 4. The van der Waals surface area contributed by atoms with Crippen LogP contribution in [0.4, 0.5) is 19.0 Å². The van der Waals surface area contributed by atoms with E-state index in [0.29, 0.717) is 44.2 Å². The highest BCUT2D eigenvalue weighted by Gasteiger charge is 2.33. The van der Waals surface area contributed by atoms with Crippen LogP contribution in [0.3, 0.4) is 0 Å². The normalized spacial score (nSPS) is 16.2. The lowest BCUT2D eigenvalue weighted by molar-refractivity contribution is -0.137. The van der Waals surface area contributed by atoms with E-state index in [9.17, 15) is 22.5 Å². The molecule has 0 saturated carbocycles. The van der Waals surface area contributed by atoms with Crippen molar-refractivity contribution in [2.45, 2.75) is 36.4 Å². The zero-order valence-corrected chi connectivity index (χ0v) is 21.7. The average molecular weight is 595 g/mol. The third-order valence-corrected chi connectivity index (χ3v) is 8.34. The van der Waals surface area contributed by atoms with Crippen LogP contribution < -0.4 is 5.32 Å². The fraction of sp³-hybridized carbons (Fsp3) is 0.292. The average Bonchev–Trinajstić information content (AvgIpc) is 3.27. The number of benzene rings is 1. The smallest absolute Gasteiger partial charge is 0.416 e. The fourth-order valence-electron chi connectivity index (χ4n) is 4.28. The lowest BCUT2D eigenvalue weighted by Gasteiger charge is -2.31. The van der Waals surface area contributed by atoms with E-state index in [1.165, 1.54) is 0 Å². The molecule has 1 atom stereocenters. The van der Waals surface area contributed by atoms with Crippen molar-refractivity contribution in [1.82, 2.24) is 23.9 Å². The second kappa shape index (κ2) is 10.4. The van der Waals surface area contributed by atoms with Crippen LogP contribution in [0.5, 0.6) is 5.75 Å². The summed E-state index contributed by atoms with van der Waals surface area (Å²) < 4.78 is 55.9. The molecule has 1 saturated heterocycles. The van der Waals surface area contributed by atoms with Gasteiger partial charge in [-0.15, -0.1) is 0 Å². The van der Waals surface area contributed by atoms with Gasteiger partial charge in [-0.1, -0.05) is 6.07 Å². The number of aromatic hydroxyl groups is 1. The van der Waals surface area contributed by atoms with Crippen molar-refractivity contribution < 1.29 is 22.5 Å². The molecule has 37 heavy (non-hydrogen) atoms. The predicted octanol–water partition coefficient (Wildman–Crippen LogP) is 5.13. The molecular weight excluding hydrogens is 573 g/mol. The molecule has 0 bridgehead atoms. The van der Waals surface area contributed by atoms with Gasteiger partial charge in [-0.25, -0.2) is 13.5 Å². The van der Waals surface area contributed by atoms with Crippen molar-refractivity contribution in [3.05, 3.63) is 76.3 Å². The summed E-state index contributed by atoms with van der Waals surface area (Å²) in [6.45, 7) is 1.42. The Labute approximate surface area is 221 Å². The maximum absolute atomic E-state index is 13.0. The molecule has 1 aromatic carbocycles. The Morgan fingerprint density at radius 3 is 2.62 bits per heavy atom. The van der Waals surface area contributed by atoms with Gasteiger partial charge in [0.15, 0.2) is 5.65 Å². The van der Waals surface area contributed by atoms with Crippen LogP contribution in [0.1, 0.15) is 35.6 Å². The molecule has 5 rings (SSSR count). The first-order chi connectivity index (χ1) is 17.7. The first-order valence-corrected chi connectivity index (χ1v) is 13.3. The van der Waals surface area contributed by atoms with Crippen molar-refractivity contribution in [3.63, 3.8) is 0 Å². The molecule has 194 valence electrons. The second-order valence-corrected chi connectivity index (χ2v) is 11.0. The van der Waals surface area contributed by atoms with Crippen LogP contribution in [0, 0.1) is 0 Å². The van der Waals surface area contributed by atoms with E-state index in [4.69, 9.17) is 4.98 Å². The molecule has 0 amide bonds. The Hall–Kier alpha value is -3.03. The van der Waals surface area contributed by atoms with Crippen molar-refractivity contribution >= 4 is 38.4 Å². The number of hydrogen-bond donors (Lipinski definition) is 2. The van der Waals surface area contributed by atoms with Crippen LogP contribution in [-0.4, -0.2) is 46.3 Å². The minimum atomic E-state index is -4.58. The molecule has 1 fully saturated rings. The number of rotatable bonds is 6. The van der Waals surface area contributed by atoms with Gasteiger partial charge in [0.2, 0.25) is 0 Å². The largest absolute Gasteiger partial charge is 0.507 e. The maximum atomic E-state index is 13.0. The fourth-order valence-corrected chi connectivity index (χ4v) is 5.87. The summed E-state index contributed by atoms with van der Waals surface area (Å²) in [5, 5.41) is 17.9. The van der Waals surface area contributed by atoms with Gasteiger partial charge in [0.05, 0.1) is 21.1 Å². The Kier molecular flexibility index (Phi) is 7.19. The van der Waals surface area contributed by atoms with E-state index in [2.05, 4.69) is 31.3 Å². The van der Waals surface area contributed by atoms with Crippen molar-refractivity contribution in [2.75, 3.05) is 18.4 Å². The van der Waals surface area contributed by atoms with E-state index in [1.807, 2.05) is 18.2 Å². The molecule has 4 heterocycles. The molecule has 0 spiro atoms. The molecule has 0 aliphatic carbocycles. The number of piperidine rings is 1. The number of phenolic OH excluding ortho intramolecular Hbond substituents is 1. The van der Waals surface area contributed by atoms with E-state index >= 15 is 0 Å². The molecule has 4 aromatic rings. The third kappa shape index (κ3) is 5.48. The molecular formula is C24H22BrF3N6O2S. The highest BCUT2D eigenvalue weighted by atomic mass is 79.9. The Balaban J connectivity index is 1.31. The van der Waals surface area contributed by atoms with Gasteiger partial charge < -0.3 is 10.4 Å². The molecule has 2 N–H and O–H groups in total. The topological polar surface area (TPSA) is 95.7 Å². The van der Waals surface area contributed by atoms with Gasteiger partial charge in [-0.3, -0.25) is 4.98 Å². The zero-order valence-electron chi connectivity index (χ0n) is 19.3. The summed E-state index contributed by atoms with van der Waals surface area (Å²) >= 11 is 3.51. The van der Waals surface area contributed by atoms with Crippen LogP contribution in [-0.2, 0) is 23.7 Å². The summed E-state index contributed by atoms with van der Waals surface area (Å²) in [5.74, 6) is 0.229. The monoisotopic (exact) mass is 594 g/mol. The van der Waals surface area contributed by atoms with Crippen molar-refractivity contribution in [3.8, 4) is 5.75 Å². The Morgan fingerprint density at radius 1 is 1.16 bits per heavy atom.